The summed E-state index contributed by atoms with van der Waals surface area (Å²) in [5.74, 6) is 0.955. The minimum Gasteiger partial charge on any atom is -0.310 e. The number of rotatable bonds is 9. The van der Waals surface area contributed by atoms with Crippen LogP contribution < -0.4 is 5.32 Å². The molecule has 0 aromatic carbocycles. The SMILES string of the molecule is CCCN(Cc1ccc(CNC(C)C)cn1)CC1CC1. The first-order valence-corrected chi connectivity index (χ1v) is 8.07. The zero-order valence-corrected chi connectivity index (χ0v) is 13.2. The average molecular weight is 275 g/mol. The molecule has 3 nitrogen and oxygen atoms in total. The summed E-state index contributed by atoms with van der Waals surface area (Å²) in [4.78, 5) is 7.19. The van der Waals surface area contributed by atoms with E-state index in [0.29, 0.717) is 6.04 Å². The maximum Gasteiger partial charge on any atom is 0.0544 e. The van der Waals surface area contributed by atoms with E-state index in [9.17, 15) is 0 Å². The second-order valence-corrected chi connectivity index (χ2v) is 6.37. The molecular formula is C17H29N3. The van der Waals surface area contributed by atoms with Gasteiger partial charge in [0.25, 0.3) is 0 Å². The summed E-state index contributed by atoms with van der Waals surface area (Å²) in [7, 11) is 0. The number of aromatic nitrogens is 1. The molecule has 1 aromatic heterocycles. The molecule has 112 valence electrons. The van der Waals surface area contributed by atoms with Gasteiger partial charge in [0.05, 0.1) is 5.69 Å². The van der Waals surface area contributed by atoms with Crippen molar-refractivity contribution in [2.45, 2.75) is 59.2 Å². The molecule has 1 aliphatic rings. The van der Waals surface area contributed by atoms with Gasteiger partial charge in [-0.25, -0.2) is 0 Å². The van der Waals surface area contributed by atoms with Crippen molar-refractivity contribution in [1.29, 1.82) is 0 Å². The number of nitrogens with zero attached hydrogens (tertiary/aromatic N) is 2. The lowest BCUT2D eigenvalue weighted by atomic mass is 10.2. The molecule has 0 aliphatic heterocycles. The predicted molar refractivity (Wildman–Crippen MR) is 84.5 cm³/mol. The number of hydrogen-bond acceptors (Lipinski definition) is 3. The summed E-state index contributed by atoms with van der Waals surface area (Å²) in [6.45, 7) is 11.0. The van der Waals surface area contributed by atoms with Crippen molar-refractivity contribution in [2.24, 2.45) is 5.92 Å². The van der Waals surface area contributed by atoms with E-state index in [1.165, 1.54) is 43.6 Å². The van der Waals surface area contributed by atoms with Gasteiger partial charge in [0.15, 0.2) is 0 Å². The number of nitrogens with one attached hydrogen (secondary N) is 1. The molecule has 2 rings (SSSR count). The minimum absolute atomic E-state index is 0.522. The predicted octanol–water partition coefficient (Wildman–Crippen LogP) is 3.20. The molecule has 0 unspecified atom stereocenters. The topological polar surface area (TPSA) is 28.2 Å². The summed E-state index contributed by atoms with van der Waals surface area (Å²) in [5, 5.41) is 3.43. The molecule has 0 radical (unpaired) electrons. The summed E-state index contributed by atoms with van der Waals surface area (Å²) in [6, 6.07) is 4.92. The lowest BCUT2D eigenvalue weighted by Gasteiger charge is -2.21. The summed E-state index contributed by atoms with van der Waals surface area (Å²) < 4.78 is 0. The molecule has 0 spiro atoms. The number of pyridine rings is 1. The van der Waals surface area contributed by atoms with Gasteiger partial charge in [-0.2, -0.15) is 0 Å². The highest BCUT2D eigenvalue weighted by Crippen LogP contribution is 2.30. The third-order valence-corrected chi connectivity index (χ3v) is 3.74. The fourth-order valence-corrected chi connectivity index (χ4v) is 2.42. The van der Waals surface area contributed by atoms with E-state index in [1.807, 2.05) is 6.20 Å². The van der Waals surface area contributed by atoms with Crippen LogP contribution in [0.15, 0.2) is 18.3 Å². The average Bonchev–Trinajstić information content (AvgIpc) is 3.22. The Morgan fingerprint density at radius 2 is 2.15 bits per heavy atom. The summed E-state index contributed by atoms with van der Waals surface area (Å²) in [6.07, 6.45) is 6.09. The van der Waals surface area contributed by atoms with E-state index in [2.05, 4.69) is 48.1 Å². The van der Waals surface area contributed by atoms with Crippen LogP contribution in [-0.4, -0.2) is 29.0 Å². The third-order valence-electron chi connectivity index (χ3n) is 3.74. The molecule has 3 heteroatoms. The quantitative estimate of drug-likeness (QED) is 0.750. The van der Waals surface area contributed by atoms with Gasteiger partial charge in [0.2, 0.25) is 0 Å². The van der Waals surface area contributed by atoms with Gasteiger partial charge in [-0.3, -0.25) is 9.88 Å². The first-order chi connectivity index (χ1) is 9.67. The minimum atomic E-state index is 0.522. The van der Waals surface area contributed by atoms with E-state index >= 15 is 0 Å². The first kappa shape index (κ1) is 15.5. The van der Waals surface area contributed by atoms with Crippen LogP contribution in [0, 0.1) is 5.92 Å². The molecule has 0 amide bonds. The molecule has 1 heterocycles. The van der Waals surface area contributed by atoms with Crippen molar-refractivity contribution < 1.29 is 0 Å². The van der Waals surface area contributed by atoms with Gasteiger partial charge >= 0.3 is 0 Å². The maximum absolute atomic E-state index is 4.62. The Hall–Kier alpha value is -0.930. The monoisotopic (exact) mass is 275 g/mol. The molecule has 0 atom stereocenters. The zero-order valence-electron chi connectivity index (χ0n) is 13.2. The van der Waals surface area contributed by atoms with Crippen LogP contribution in [0.4, 0.5) is 0 Å². The Kier molecular flexibility index (Phi) is 5.99. The molecule has 1 fully saturated rings. The van der Waals surface area contributed by atoms with Crippen LogP contribution in [0.1, 0.15) is 51.3 Å². The molecule has 1 saturated carbocycles. The Morgan fingerprint density at radius 1 is 1.35 bits per heavy atom. The van der Waals surface area contributed by atoms with Crippen LogP contribution >= 0.6 is 0 Å². The van der Waals surface area contributed by atoms with Gasteiger partial charge in [-0.05, 0) is 43.4 Å². The normalized spacial score (nSPS) is 15.2. The Balaban J connectivity index is 1.84. The Bertz CT molecular complexity index is 382. The van der Waals surface area contributed by atoms with E-state index in [1.54, 1.807) is 0 Å². The molecule has 1 aromatic rings. The highest BCUT2D eigenvalue weighted by Gasteiger charge is 2.24. The number of hydrogen-bond donors (Lipinski definition) is 1. The summed E-state index contributed by atoms with van der Waals surface area (Å²) in [5.41, 5.74) is 2.47. The molecule has 0 saturated heterocycles. The van der Waals surface area contributed by atoms with Crippen molar-refractivity contribution in [3.8, 4) is 0 Å². The fraction of sp³-hybridized carbons (Fsp3) is 0.706. The summed E-state index contributed by atoms with van der Waals surface area (Å²) >= 11 is 0. The second kappa shape index (κ2) is 7.75. The van der Waals surface area contributed by atoms with Crippen molar-refractivity contribution in [3.05, 3.63) is 29.6 Å². The lowest BCUT2D eigenvalue weighted by Crippen LogP contribution is -2.27. The van der Waals surface area contributed by atoms with Gasteiger partial charge in [0, 0.05) is 31.9 Å². The maximum atomic E-state index is 4.62. The van der Waals surface area contributed by atoms with Crippen LogP contribution in [0.25, 0.3) is 0 Å². The van der Waals surface area contributed by atoms with E-state index < -0.39 is 0 Å². The van der Waals surface area contributed by atoms with E-state index in [0.717, 1.165) is 19.0 Å². The smallest absolute Gasteiger partial charge is 0.0544 e. The van der Waals surface area contributed by atoms with Gasteiger partial charge in [-0.1, -0.05) is 26.8 Å². The molecule has 1 aliphatic carbocycles. The highest BCUT2D eigenvalue weighted by molar-refractivity contribution is 5.14. The molecule has 20 heavy (non-hydrogen) atoms. The van der Waals surface area contributed by atoms with Crippen molar-refractivity contribution in [3.63, 3.8) is 0 Å². The van der Waals surface area contributed by atoms with Gasteiger partial charge in [0.1, 0.15) is 0 Å². The first-order valence-electron chi connectivity index (χ1n) is 8.07. The molecule has 0 bridgehead atoms. The van der Waals surface area contributed by atoms with Gasteiger partial charge < -0.3 is 5.32 Å². The standard InChI is InChI=1S/C17H29N3/c1-4-9-20(12-15-5-6-15)13-17-8-7-16(11-19-17)10-18-14(2)3/h7-8,11,14-15,18H,4-6,9-10,12-13H2,1-3H3. The fourth-order valence-electron chi connectivity index (χ4n) is 2.42. The zero-order chi connectivity index (χ0) is 14.4. The van der Waals surface area contributed by atoms with Crippen molar-refractivity contribution in [1.82, 2.24) is 15.2 Å². The lowest BCUT2D eigenvalue weighted by molar-refractivity contribution is 0.252. The van der Waals surface area contributed by atoms with Crippen molar-refractivity contribution in [2.75, 3.05) is 13.1 Å². The Morgan fingerprint density at radius 3 is 2.70 bits per heavy atom. The highest BCUT2D eigenvalue weighted by atomic mass is 15.1. The molecule has 1 N–H and O–H groups in total. The van der Waals surface area contributed by atoms with Crippen LogP contribution in [-0.2, 0) is 13.1 Å². The van der Waals surface area contributed by atoms with Crippen LogP contribution in [0.3, 0.4) is 0 Å². The van der Waals surface area contributed by atoms with E-state index in [-0.39, 0.29) is 0 Å². The van der Waals surface area contributed by atoms with Crippen LogP contribution in [0.2, 0.25) is 0 Å². The van der Waals surface area contributed by atoms with Crippen LogP contribution in [0.5, 0.6) is 0 Å². The van der Waals surface area contributed by atoms with Crippen molar-refractivity contribution >= 4 is 0 Å². The second-order valence-electron chi connectivity index (χ2n) is 6.37. The largest absolute Gasteiger partial charge is 0.310 e. The van der Waals surface area contributed by atoms with Gasteiger partial charge in [-0.15, -0.1) is 0 Å². The Labute approximate surface area is 123 Å². The third kappa shape index (κ3) is 5.59. The molecular weight excluding hydrogens is 246 g/mol. The van der Waals surface area contributed by atoms with E-state index in [4.69, 9.17) is 0 Å².